The van der Waals surface area contributed by atoms with Crippen LogP contribution in [-0.2, 0) is 4.79 Å². The second kappa shape index (κ2) is 7.07. The van der Waals surface area contributed by atoms with E-state index in [4.69, 9.17) is 11.6 Å². The monoisotopic (exact) mass is 355 g/mol. The summed E-state index contributed by atoms with van der Waals surface area (Å²) in [7, 11) is 0. The largest absolute Gasteiger partial charge is 0.298 e. The van der Waals surface area contributed by atoms with Gasteiger partial charge in [0, 0.05) is 5.02 Å². The molecule has 5 heteroatoms. The summed E-state index contributed by atoms with van der Waals surface area (Å²) in [6.45, 7) is 1.91. The van der Waals surface area contributed by atoms with E-state index >= 15 is 0 Å². The Morgan fingerprint density at radius 3 is 2.38 bits per heavy atom. The van der Waals surface area contributed by atoms with Crippen LogP contribution >= 0.6 is 23.4 Å². The topological polar surface area (TPSA) is 37.4 Å². The van der Waals surface area contributed by atoms with Gasteiger partial charge < -0.3 is 0 Å². The van der Waals surface area contributed by atoms with E-state index in [0.717, 1.165) is 22.9 Å². The molecule has 0 bridgehead atoms. The maximum absolute atomic E-state index is 12.5. The van der Waals surface area contributed by atoms with Gasteiger partial charge in [0.2, 0.25) is 0 Å². The fraction of sp³-hybridized carbons (Fsp3) is 0.0526. The van der Waals surface area contributed by atoms with Crippen molar-refractivity contribution in [3.05, 3.63) is 81.7 Å². The third-order valence-corrected chi connectivity index (χ3v) is 4.55. The number of carbonyl (C=O) groups is 2. The van der Waals surface area contributed by atoms with Crippen molar-refractivity contribution in [1.82, 2.24) is 0 Å². The SMILES string of the molecule is CC(=C/c1ccccc1)/C=C1/SC(=O)N(c2ccc(Cl)cc2)C1=O. The molecule has 3 nitrogen and oxygen atoms in total. The van der Waals surface area contributed by atoms with Crippen LogP contribution in [0.4, 0.5) is 10.5 Å². The highest BCUT2D eigenvalue weighted by molar-refractivity contribution is 8.18. The number of halogens is 1. The van der Waals surface area contributed by atoms with Gasteiger partial charge in [-0.3, -0.25) is 9.59 Å². The van der Waals surface area contributed by atoms with Crippen LogP contribution in [0.2, 0.25) is 5.02 Å². The van der Waals surface area contributed by atoms with Gasteiger partial charge in [-0.05, 0) is 60.2 Å². The smallest absolute Gasteiger partial charge is 0.268 e. The van der Waals surface area contributed by atoms with Crippen LogP contribution in [0.5, 0.6) is 0 Å². The van der Waals surface area contributed by atoms with E-state index < -0.39 is 0 Å². The van der Waals surface area contributed by atoms with Gasteiger partial charge in [0.1, 0.15) is 0 Å². The van der Waals surface area contributed by atoms with Crippen LogP contribution in [0, 0.1) is 0 Å². The normalized spacial score (nSPS) is 17.0. The van der Waals surface area contributed by atoms with Gasteiger partial charge in [0.25, 0.3) is 11.1 Å². The molecular weight excluding hydrogens is 342 g/mol. The van der Waals surface area contributed by atoms with Crippen molar-refractivity contribution in [3.63, 3.8) is 0 Å². The molecule has 0 aromatic heterocycles. The summed E-state index contributed by atoms with van der Waals surface area (Å²) in [6, 6.07) is 16.5. The van der Waals surface area contributed by atoms with Crippen LogP contribution in [0.1, 0.15) is 12.5 Å². The molecule has 0 aliphatic carbocycles. The Hall–Kier alpha value is -2.30. The van der Waals surface area contributed by atoms with E-state index in [0.29, 0.717) is 15.6 Å². The molecule has 0 saturated carbocycles. The van der Waals surface area contributed by atoms with Gasteiger partial charge >= 0.3 is 0 Å². The fourth-order valence-corrected chi connectivity index (χ4v) is 3.36. The van der Waals surface area contributed by atoms with Crippen molar-refractivity contribution in [1.29, 1.82) is 0 Å². The number of imide groups is 1. The first-order valence-electron chi connectivity index (χ1n) is 7.31. The number of thioether (sulfide) groups is 1. The lowest BCUT2D eigenvalue weighted by molar-refractivity contribution is -0.113. The third kappa shape index (κ3) is 3.61. The van der Waals surface area contributed by atoms with E-state index in [1.165, 1.54) is 4.90 Å². The predicted octanol–water partition coefficient (Wildman–Crippen LogP) is 5.53. The van der Waals surface area contributed by atoms with Crippen LogP contribution in [-0.4, -0.2) is 11.1 Å². The van der Waals surface area contributed by atoms with E-state index in [2.05, 4.69) is 0 Å². The lowest BCUT2D eigenvalue weighted by Crippen LogP contribution is -2.27. The number of benzene rings is 2. The summed E-state index contributed by atoms with van der Waals surface area (Å²) < 4.78 is 0. The first kappa shape index (κ1) is 16.6. The Kier molecular flexibility index (Phi) is 4.88. The number of allylic oxidation sites excluding steroid dienone is 2. The van der Waals surface area contributed by atoms with E-state index in [-0.39, 0.29) is 11.1 Å². The minimum atomic E-state index is -0.312. The van der Waals surface area contributed by atoms with Crippen LogP contribution in [0.3, 0.4) is 0 Å². The van der Waals surface area contributed by atoms with E-state index in [9.17, 15) is 9.59 Å². The molecule has 0 unspecified atom stereocenters. The molecule has 2 aromatic carbocycles. The zero-order valence-electron chi connectivity index (χ0n) is 12.9. The minimum absolute atomic E-state index is 0.305. The fourth-order valence-electron chi connectivity index (χ4n) is 2.34. The van der Waals surface area contributed by atoms with Gasteiger partial charge in [-0.15, -0.1) is 0 Å². The van der Waals surface area contributed by atoms with Crippen molar-refractivity contribution in [3.8, 4) is 0 Å². The van der Waals surface area contributed by atoms with Crippen LogP contribution in [0.25, 0.3) is 6.08 Å². The number of anilines is 1. The van der Waals surface area contributed by atoms with Crippen LogP contribution in [0.15, 0.2) is 71.2 Å². The van der Waals surface area contributed by atoms with Crippen molar-refractivity contribution < 1.29 is 9.59 Å². The standard InChI is InChI=1S/C19H14ClNO2S/c1-13(11-14-5-3-2-4-6-14)12-17-18(22)21(19(23)24-17)16-9-7-15(20)8-10-16/h2-12H,1H3/b13-11-,17-12+. The number of hydrogen-bond donors (Lipinski definition) is 0. The zero-order chi connectivity index (χ0) is 17.1. The van der Waals surface area contributed by atoms with Crippen LogP contribution < -0.4 is 4.90 Å². The number of amides is 2. The summed E-state index contributed by atoms with van der Waals surface area (Å²) in [4.78, 5) is 26.3. The van der Waals surface area contributed by atoms with Crippen molar-refractivity contribution in [2.45, 2.75) is 6.92 Å². The predicted molar refractivity (Wildman–Crippen MR) is 100 cm³/mol. The third-order valence-electron chi connectivity index (χ3n) is 3.43. The minimum Gasteiger partial charge on any atom is -0.268 e. The molecule has 1 saturated heterocycles. The second-order valence-electron chi connectivity index (χ2n) is 5.29. The summed E-state index contributed by atoms with van der Waals surface area (Å²) >= 11 is 6.80. The summed E-state index contributed by atoms with van der Waals surface area (Å²) in [5, 5.41) is 0.254. The highest BCUT2D eigenvalue weighted by Gasteiger charge is 2.36. The van der Waals surface area contributed by atoms with Gasteiger partial charge in [-0.25, -0.2) is 4.90 Å². The van der Waals surface area contributed by atoms with E-state index in [1.807, 2.05) is 43.3 Å². The van der Waals surface area contributed by atoms with Crippen molar-refractivity contribution in [2.75, 3.05) is 4.90 Å². The Labute approximate surface area is 149 Å². The molecule has 0 radical (unpaired) electrons. The molecule has 0 N–H and O–H groups in total. The maximum atomic E-state index is 12.5. The molecule has 1 fully saturated rings. The quantitative estimate of drug-likeness (QED) is 0.679. The first-order chi connectivity index (χ1) is 11.5. The molecule has 0 spiro atoms. The molecule has 1 aliphatic heterocycles. The van der Waals surface area contributed by atoms with Gasteiger partial charge in [0.15, 0.2) is 0 Å². The Morgan fingerprint density at radius 1 is 1.04 bits per heavy atom. The highest BCUT2D eigenvalue weighted by Crippen LogP contribution is 2.35. The molecule has 2 amide bonds. The molecule has 1 aliphatic rings. The summed E-state index contributed by atoms with van der Waals surface area (Å²) in [5.74, 6) is -0.312. The summed E-state index contributed by atoms with van der Waals surface area (Å²) in [5.41, 5.74) is 2.47. The Balaban J connectivity index is 1.85. The second-order valence-corrected chi connectivity index (χ2v) is 6.72. The molecule has 2 aromatic rings. The molecule has 0 atom stereocenters. The number of hydrogen-bond acceptors (Lipinski definition) is 3. The molecule has 3 rings (SSSR count). The number of nitrogens with zero attached hydrogens (tertiary/aromatic N) is 1. The van der Waals surface area contributed by atoms with Gasteiger partial charge in [0.05, 0.1) is 10.6 Å². The van der Waals surface area contributed by atoms with Gasteiger partial charge in [-0.2, -0.15) is 0 Å². The molecule has 120 valence electrons. The highest BCUT2D eigenvalue weighted by atomic mass is 35.5. The molecule has 24 heavy (non-hydrogen) atoms. The van der Waals surface area contributed by atoms with Crippen molar-refractivity contribution >= 4 is 46.3 Å². The Morgan fingerprint density at radius 2 is 1.71 bits per heavy atom. The Bertz CT molecular complexity index is 841. The lowest BCUT2D eigenvalue weighted by atomic mass is 10.1. The first-order valence-corrected chi connectivity index (χ1v) is 8.51. The number of carbonyl (C=O) groups excluding carboxylic acids is 2. The molecule has 1 heterocycles. The zero-order valence-corrected chi connectivity index (χ0v) is 14.5. The van der Waals surface area contributed by atoms with Crippen molar-refractivity contribution in [2.24, 2.45) is 0 Å². The lowest BCUT2D eigenvalue weighted by Gasteiger charge is -2.12. The number of rotatable bonds is 3. The average Bonchev–Trinajstić information content (AvgIpc) is 2.83. The van der Waals surface area contributed by atoms with E-state index in [1.54, 1.807) is 30.3 Å². The van der Waals surface area contributed by atoms with Gasteiger partial charge in [-0.1, -0.05) is 48.0 Å². The summed E-state index contributed by atoms with van der Waals surface area (Å²) in [6.07, 6.45) is 3.71. The molecular formula is C19H14ClNO2S. The maximum Gasteiger partial charge on any atom is 0.298 e. The average molecular weight is 356 g/mol.